The van der Waals surface area contributed by atoms with Crippen molar-refractivity contribution in [2.45, 2.75) is 18.9 Å². The molecule has 6 nitrogen and oxygen atoms in total. The predicted octanol–water partition coefficient (Wildman–Crippen LogP) is 1.74. The quantitative estimate of drug-likeness (QED) is 0.831. The number of nitrogens with zero attached hydrogens (tertiary/aromatic N) is 2. The Balaban J connectivity index is 2.30. The summed E-state index contributed by atoms with van der Waals surface area (Å²) < 4.78 is 0. The number of halogens is 2. The van der Waals surface area contributed by atoms with Crippen molar-refractivity contribution in [1.29, 1.82) is 5.26 Å². The molecule has 1 aliphatic heterocycles. The Morgan fingerprint density at radius 3 is 2.45 bits per heavy atom. The first-order valence-electron chi connectivity index (χ1n) is 6.35. The molecular weight excluding hydrogens is 329 g/mol. The second kappa shape index (κ2) is 6.34. The van der Waals surface area contributed by atoms with Crippen molar-refractivity contribution in [1.82, 2.24) is 10.2 Å². The molecule has 1 N–H and O–H groups in total. The molecule has 2 rings (SSSR count). The molecule has 1 fully saturated rings. The first-order valence-corrected chi connectivity index (χ1v) is 7.10. The van der Waals surface area contributed by atoms with E-state index in [-0.39, 0.29) is 39.9 Å². The minimum atomic E-state index is -0.770. The Kier molecular flexibility index (Phi) is 4.69. The lowest BCUT2D eigenvalue weighted by Crippen LogP contribution is -2.52. The summed E-state index contributed by atoms with van der Waals surface area (Å²) in [6, 6.07) is 3.78. The van der Waals surface area contributed by atoms with Crippen molar-refractivity contribution >= 4 is 40.9 Å². The number of amides is 3. The lowest BCUT2D eigenvalue weighted by atomic mass is 10.0. The molecule has 0 aromatic heterocycles. The van der Waals surface area contributed by atoms with Crippen LogP contribution in [-0.4, -0.2) is 35.7 Å². The zero-order valence-electron chi connectivity index (χ0n) is 11.5. The van der Waals surface area contributed by atoms with Gasteiger partial charge in [0.25, 0.3) is 5.91 Å². The van der Waals surface area contributed by atoms with E-state index in [4.69, 9.17) is 28.5 Å². The summed E-state index contributed by atoms with van der Waals surface area (Å²) in [5.74, 6) is -1.45. The van der Waals surface area contributed by atoms with E-state index in [9.17, 15) is 14.4 Å². The minimum absolute atomic E-state index is 0.0227. The number of hydrogen-bond acceptors (Lipinski definition) is 4. The maximum Gasteiger partial charge on any atom is 0.257 e. The molecule has 1 aromatic rings. The van der Waals surface area contributed by atoms with Gasteiger partial charge in [-0.05, 0) is 18.6 Å². The number of imide groups is 1. The summed E-state index contributed by atoms with van der Waals surface area (Å²) in [5, 5.41) is 11.1. The standard InChI is InChI=1S/C14H11Cl2N3O3/c1-19(10-2-3-11(20)18-13(10)21)14(22)12-8(15)4-7(6-17)5-9(12)16/h4-5,10H,2-3H2,1H3,(H,18,20,21). The van der Waals surface area contributed by atoms with Gasteiger partial charge in [-0.1, -0.05) is 23.2 Å². The molecule has 0 saturated carbocycles. The summed E-state index contributed by atoms with van der Waals surface area (Å²) in [4.78, 5) is 36.7. The molecule has 0 bridgehead atoms. The largest absolute Gasteiger partial charge is 0.330 e. The highest BCUT2D eigenvalue weighted by molar-refractivity contribution is 6.39. The fraction of sp³-hybridized carbons (Fsp3) is 0.286. The monoisotopic (exact) mass is 339 g/mol. The Labute approximate surface area is 136 Å². The van der Waals surface area contributed by atoms with E-state index in [0.717, 1.165) is 0 Å². The molecule has 8 heteroatoms. The van der Waals surface area contributed by atoms with Crippen LogP contribution in [0.5, 0.6) is 0 Å². The highest BCUT2D eigenvalue weighted by atomic mass is 35.5. The Bertz CT molecular complexity index is 689. The fourth-order valence-corrected chi connectivity index (χ4v) is 2.86. The van der Waals surface area contributed by atoms with E-state index >= 15 is 0 Å². The van der Waals surface area contributed by atoms with E-state index in [2.05, 4.69) is 5.32 Å². The Morgan fingerprint density at radius 2 is 1.95 bits per heavy atom. The SMILES string of the molecule is CN(C(=O)c1c(Cl)cc(C#N)cc1Cl)C1CCC(=O)NC1=O. The summed E-state index contributed by atoms with van der Waals surface area (Å²) in [6.45, 7) is 0. The van der Waals surface area contributed by atoms with Gasteiger partial charge in [0.2, 0.25) is 11.8 Å². The van der Waals surface area contributed by atoms with Crippen LogP contribution in [0.15, 0.2) is 12.1 Å². The topological polar surface area (TPSA) is 90.3 Å². The number of piperidine rings is 1. The Hall–Kier alpha value is -2.10. The van der Waals surface area contributed by atoms with E-state index in [0.29, 0.717) is 0 Å². The van der Waals surface area contributed by atoms with Crippen LogP contribution in [0, 0.1) is 11.3 Å². The van der Waals surface area contributed by atoms with Gasteiger partial charge in [0.15, 0.2) is 0 Å². The molecule has 3 amide bonds. The molecule has 1 unspecified atom stereocenters. The van der Waals surface area contributed by atoms with E-state index in [1.54, 1.807) is 0 Å². The highest BCUT2D eigenvalue weighted by Crippen LogP contribution is 2.28. The molecule has 1 atom stereocenters. The van der Waals surface area contributed by atoms with Crippen molar-refractivity contribution in [2.24, 2.45) is 0 Å². The molecule has 0 spiro atoms. The van der Waals surface area contributed by atoms with Crippen molar-refractivity contribution in [3.05, 3.63) is 33.3 Å². The molecule has 114 valence electrons. The summed E-state index contributed by atoms with van der Waals surface area (Å²) in [6.07, 6.45) is 0.390. The lowest BCUT2D eigenvalue weighted by Gasteiger charge is -2.30. The zero-order chi connectivity index (χ0) is 16.4. The lowest BCUT2D eigenvalue weighted by molar-refractivity contribution is -0.136. The van der Waals surface area contributed by atoms with Crippen molar-refractivity contribution in [3.63, 3.8) is 0 Å². The van der Waals surface area contributed by atoms with Crippen LogP contribution in [0.4, 0.5) is 0 Å². The third kappa shape index (κ3) is 3.06. The van der Waals surface area contributed by atoms with Crippen LogP contribution in [0.3, 0.4) is 0 Å². The average molecular weight is 340 g/mol. The number of carbonyl (C=O) groups is 3. The van der Waals surface area contributed by atoms with Gasteiger partial charge in [-0.25, -0.2) is 0 Å². The molecule has 1 saturated heterocycles. The van der Waals surface area contributed by atoms with Crippen molar-refractivity contribution < 1.29 is 14.4 Å². The van der Waals surface area contributed by atoms with Crippen molar-refractivity contribution in [2.75, 3.05) is 7.05 Å². The number of benzene rings is 1. The van der Waals surface area contributed by atoms with Gasteiger partial charge in [0.05, 0.1) is 27.2 Å². The normalized spacial score (nSPS) is 17.6. The highest BCUT2D eigenvalue weighted by Gasteiger charge is 2.33. The number of nitrogens with one attached hydrogen (secondary N) is 1. The summed E-state index contributed by atoms with van der Waals surface area (Å²) in [7, 11) is 1.44. The number of hydrogen-bond donors (Lipinski definition) is 1. The molecule has 1 aromatic carbocycles. The van der Waals surface area contributed by atoms with Gasteiger partial charge in [-0.3, -0.25) is 19.7 Å². The van der Waals surface area contributed by atoms with Crippen LogP contribution < -0.4 is 5.32 Å². The average Bonchev–Trinajstić information content (AvgIpc) is 2.45. The zero-order valence-corrected chi connectivity index (χ0v) is 13.0. The molecule has 0 aliphatic carbocycles. The second-order valence-corrected chi connectivity index (χ2v) is 5.62. The molecule has 1 heterocycles. The molecular formula is C14H11Cl2N3O3. The molecule has 0 radical (unpaired) electrons. The maximum absolute atomic E-state index is 12.5. The third-order valence-corrected chi connectivity index (χ3v) is 3.98. The molecule has 22 heavy (non-hydrogen) atoms. The first-order chi connectivity index (χ1) is 10.3. The van der Waals surface area contributed by atoms with E-state index < -0.39 is 17.9 Å². The van der Waals surface area contributed by atoms with Crippen LogP contribution in [0.2, 0.25) is 10.0 Å². The first kappa shape index (κ1) is 16.3. The van der Waals surface area contributed by atoms with E-state index in [1.807, 2.05) is 6.07 Å². The fourth-order valence-electron chi connectivity index (χ4n) is 2.21. The van der Waals surface area contributed by atoms with Gasteiger partial charge in [0.1, 0.15) is 6.04 Å². The van der Waals surface area contributed by atoms with Gasteiger partial charge in [0, 0.05) is 13.5 Å². The van der Waals surface area contributed by atoms with E-state index in [1.165, 1.54) is 24.1 Å². The summed E-state index contributed by atoms with van der Waals surface area (Å²) >= 11 is 12.0. The Morgan fingerprint density at radius 1 is 1.36 bits per heavy atom. The van der Waals surface area contributed by atoms with Crippen LogP contribution in [0.1, 0.15) is 28.8 Å². The maximum atomic E-state index is 12.5. The van der Waals surface area contributed by atoms with Crippen LogP contribution in [-0.2, 0) is 9.59 Å². The van der Waals surface area contributed by atoms with Gasteiger partial charge in [-0.15, -0.1) is 0 Å². The van der Waals surface area contributed by atoms with Gasteiger partial charge in [-0.2, -0.15) is 5.26 Å². The van der Waals surface area contributed by atoms with Gasteiger partial charge < -0.3 is 4.90 Å². The predicted molar refractivity (Wildman–Crippen MR) is 79.4 cm³/mol. The smallest absolute Gasteiger partial charge is 0.257 e. The second-order valence-electron chi connectivity index (χ2n) is 4.81. The molecule has 1 aliphatic rings. The van der Waals surface area contributed by atoms with Crippen molar-refractivity contribution in [3.8, 4) is 6.07 Å². The summed E-state index contributed by atoms with van der Waals surface area (Å²) in [5.41, 5.74) is 0.254. The number of likely N-dealkylation sites (N-methyl/N-ethyl adjacent to an activating group) is 1. The van der Waals surface area contributed by atoms with Crippen LogP contribution >= 0.6 is 23.2 Å². The number of nitriles is 1. The number of carbonyl (C=O) groups excluding carboxylic acids is 3. The number of rotatable bonds is 2. The minimum Gasteiger partial charge on any atom is -0.330 e. The van der Waals surface area contributed by atoms with Crippen LogP contribution in [0.25, 0.3) is 0 Å². The van der Waals surface area contributed by atoms with Gasteiger partial charge >= 0.3 is 0 Å². The third-order valence-electron chi connectivity index (χ3n) is 3.38.